The van der Waals surface area contributed by atoms with Crippen molar-refractivity contribution in [3.8, 4) is 0 Å². The number of anilines is 1. The average Bonchev–Trinajstić information content (AvgIpc) is 3.36. The number of guanidine groups is 1. The molecule has 2 aromatic rings. The second kappa shape index (κ2) is 11.1. The van der Waals surface area contributed by atoms with Gasteiger partial charge in [0.2, 0.25) is 0 Å². The van der Waals surface area contributed by atoms with Crippen LogP contribution in [-0.2, 0) is 13.1 Å². The van der Waals surface area contributed by atoms with E-state index in [4.69, 9.17) is 0 Å². The van der Waals surface area contributed by atoms with Gasteiger partial charge in [0.1, 0.15) is 0 Å². The molecule has 8 heteroatoms. The maximum absolute atomic E-state index is 12.2. The number of aliphatic imine (C=N–C) groups is 1. The molecule has 0 aliphatic carbocycles. The van der Waals surface area contributed by atoms with Crippen molar-refractivity contribution in [3.63, 3.8) is 0 Å². The summed E-state index contributed by atoms with van der Waals surface area (Å²) in [6.07, 6.45) is 2.18. The maximum atomic E-state index is 12.2. The number of thiophene rings is 1. The number of nitrogens with zero attached hydrogens (tertiary/aromatic N) is 2. The molecule has 1 aliphatic heterocycles. The molecule has 3 N–H and O–H groups in total. The van der Waals surface area contributed by atoms with Crippen LogP contribution < -0.4 is 16.0 Å². The summed E-state index contributed by atoms with van der Waals surface area (Å²) in [5, 5.41) is 11.7. The van der Waals surface area contributed by atoms with Gasteiger partial charge in [-0.2, -0.15) is 0 Å². The zero-order valence-electron chi connectivity index (χ0n) is 15.4. The van der Waals surface area contributed by atoms with Gasteiger partial charge in [0.15, 0.2) is 5.96 Å². The quantitative estimate of drug-likeness (QED) is 0.333. The van der Waals surface area contributed by atoms with E-state index in [9.17, 15) is 4.79 Å². The first kappa shape index (κ1) is 21.5. The van der Waals surface area contributed by atoms with Gasteiger partial charge in [-0.15, -0.1) is 35.3 Å². The van der Waals surface area contributed by atoms with E-state index in [0.29, 0.717) is 6.54 Å². The number of urea groups is 1. The fourth-order valence-electron chi connectivity index (χ4n) is 2.87. The third-order valence-electron chi connectivity index (χ3n) is 4.27. The summed E-state index contributed by atoms with van der Waals surface area (Å²) in [6.45, 7) is 3.08. The maximum Gasteiger partial charge on any atom is 0.321 e. The van der Waals surface area contributed by atoms with Gasteiger partial charge in [0, 0.05) is 37.2 Å². The van der Waals surface area contributed by atoms with Gasteiger partial charge in [-0.05, 0) is 42.0 Å². The third-order valence-corrected chi connectivity index (χ3v) is 5.14. The van der Waals surface area contributed by atoms with Crippen LogP contribution in [0.15, 0.2) is 46.8 Å². The largest absolute Gasteiger partial charge is 0.352 e. The number of benzene rings is 1. The second-order valence-corrected chi connectivity index (χ2v) is 7.22. The van der Waals surface area contributed by atoms with Crippen molar-refractivity contribution in [2.75, 3.05) is 25.5 Å². The molecule has 1 aliphatic rings. The summed E-state index contributed by atoms with van der Waals surface area (Å²) >= 11 is 1.72. The minimum Gasteiger partial charge on any atom is -0.352 e. The molecule has 1 saturated heterocycles. The number of carbonyl (C=O) groups is 1. The van der Waals surface area contributed by atoms with Crippen LogP contribution in [-0.4, -0.2) is 37.0 Å². The summed E-state index contributed by atoms with van der Waals surface area (Å²) in [5.41, 5.74) is 1.91. The number of hydrogen-bond donors (Lipinski definition) is 3. The number of rotatable bonds is 5. The van der Waals surface area contributed by atoms with Crippen LogP contribution in [0.2, 0.25) is 0 Å². The molecule has 0 spiro atoms. The van der Waals surface area contributed by atoms with E-state index in [0.717, 1.165) is 49.7 Å². The van der Waals surface area contributed by atoms with Crippen LogP contribution in [0.4, 0.5) is 10.5 Å². The van der Waals surface area contributed by atoms with Crippen molar-refractivity contribution in [2.24, 2.45) is 4.99 Å². The zero-order valence-corrected chi connectivity index (χ0v) is 18.6. The van der Waals surface area contributed by atoms with Crippen molar-refractivity contribution in [3.05, 3.63) is 52.2 Å². The normalized spacial score (nSPS) is 13.8. The van der Waals surface area contributed by atoms with Crippen molar-refractivity contribution in [1.29, 1.82) is 0 Å². The summed E-state index contributed by atoms with van der Waals surface area (Å²) < 4.78 is 0. The number of halogens is 1. The van der Waals surface area contributed by atoms with Gasteiger partial charge in [-0.3, -0.25) is 4.99 Å². The number of nitrogens with one attached hydrogen (secondary N) is 3. The van der Waals surface area contributed by atoms with Crippen LogP contribution in [0.5, 0.6) is 0 Å². The van der Waals surface area contributed by atoms with Crippen LogP contribution in [0.1, 0.15) is 23.3 Å². The van der Waals surface area contributed by atoms with E-state index < -0.39 is 0 Å². The topological polar surface area (TPSA) is 68.8 Å². The minimum atomic E-state index is -0.0129. The van der Waals surface area contributed by atoms with Crippen molar-refractivity contribution in [1.82, 2.24) is 15.5 Å². The molecule has 2 heterocycles. The van der Waals surface area contributed by atoms with E-state index in [-0.39, 0.29) is 30.0 Å². The Hall–Kier alpha value is -1.81. The predicted octanol–water partition coefficient (Wildman–Crippen LogP) is 3.86. The minimum absolute atomic E-state index is 0. The second-order valence-electron chi connectivity index (χ2n) is 6.18. The van der Waals surface area contributed by atoms with E-state index in [1.165, 1.54) is 4.88 Å². The van der Waals surface area contributed by atoms with E-state index in [1.807, 2.05) is 35.2 Å². The monoisotopic (exact) mass is 499 g/mol. The zero-order chi connectivity index (χ0) is 18.2. The summed E-state index contributed by atoms with van der Waals surface area (Å²) in [5.74, 6) is 0.755. The Bertz CT molecular complexity index is 744. The SMILES string of the molecule is CN=C(NCc1cccc(NC(=O)N2CCCC2)c1)NCc1cccs1.I. The van der Waals surface area contributed by atoms with Crippen LogP contribution in [0.3, 0.4) is 0 Å². The van der Waals surface area contributed by atoms with Crippen LogP contribution in [0, 0.1) is 0 Å². The van der Waals surface area contributed by atoms with Gasteiger partial charge < -0.3 is 20.9 Å². The van der Waals surface area contributed by atoms with Gasteiger partial charge in [0.25, 0.3) is 0 Å². The summed E-state index contributed by atoms with van der Waals surface area (Å²) in [7, 11) is 1.76. The smallest absolute Gasteiger partial charge is 0.321 e. The Kier molecular flexibility index (Phi) is 8.86. The highest BCUT2D eigenvalue weighted by molar-refractivity contribution is 14.0. The van der Waals surface area contributed by atoms with Crippen molar-refractivity contribution in [2.45, 2.75) is 25.9 Å². The van der Waals surface area contributed by atoms with E-state index >= 15 is 0 Å². The fourth-order valence-corrected chi connectivity index (χ4v) is 3.52. The lowest BCUT2D eigenvalue weighted by atomic mass is 10.2. The molecule has 0 radical (unpaired) electrons. The summed E-state index contributed by atoms with van der Waals surface area (Å²) in [4.78, 5) is 19.6. The van der Waals surface area contributed by atoms with Gasteiger partial charge in [0.05, 0.1) is 6.54 Å². The van der Waals surface area contributed by atoms with Gasteiger partial charge >= 0.3 is 6.03 Å². The molecule has 2 amide bonds. The van der Waals surface area contributed by atoms with E-state index in [1.54, 1.807) is 18.4 Å². The highest BCUT2D eigenvalue weighted by Crippen LogP contribution is 2.14. The summed E-state index contributed by atoms with van der Waals surface area (Å²) in [6, 6.07) is 12.0. The lowest BCUT2D eigenvalue weighted by molar-refractivity contribution is 0.222. The first-order chi connectivity index (χ1) is 12.7. The Balaban J connectivity index is 0.00000261. The molecule has 6 nitrogen and oxygen atoms in total. The predicted molar refractivity (Wildman–Crippen MR) is 123 cm³/mol. The Labute approximate surface area is 181 Å². The molecule has 1 fully saturated rings. The first-order valence-electron chi connectivity index (χ1n) is 8.86. The molecule has 0 bridgehead atoms. The first-order valence-corrected chi connectivity index (χ1v) is 9.74. The highest BCUT2D eigenvalue weighted by Gasteiger charge is 2.17. The Morgan fingerprint density at radius 1 is 1.15 bits per heavy atom. The van der Waals surface area contributed by atoms with Gasteiger partial charge in [-0.25, -0.2) is 4.79 Å². The molecule has 27 heavy (non-hydrogen) atoms. The number of amides is 2. The average molecular weight is 499 g/mol. The van der Waals surface area contributed by atoms with Crippen LogP contribution in [0.25, 0.3) is 0 Å². The van der Waals surface area contributed by atoms with Crippen molar-refractivity contribution >= 4 is 53.0 Å². The molecule has 0 atom stereocenters. The van der Waals surface area contributed by atoms with Crippen molar-refractivity contribution < 1.29 is 4.79 Å². The molecule has 3 rings (SSSR count). The molecule has 146 valence electrons. The molecule has 0 unspecified atom stereocenters. The Morgan fingerprint density at radius 3 is 2.63 bits per heavy atom. The van der Waals surface area contributed by atoms with Gasteiger partial charge in [-0.1, -0.05) is 18.2 Å². The fraction of sp³-hybridized carbons (Fsp3) is 0.368. The highest BCUT2D eigenvalue weighted by atomic mass is 127. The number of carbonyl (C=O) groups excluding carboxylic acids is 1. The standard InChI is InChI=1S/C19H25N5OS.HI/c1-20-18(22-14-17-8-5-11-26-17)21-13-15-6-4-7-16(12-15)23-19(25)24-9-2-3-10-24;/h4-8,11-12H,2-3,9-10,13-14H2,1H3,(H,23,25)(H2,20,21,22);1H. The molecular weight excluding hydrogens is 473 g/mol. The molecular formula is C19H26IN5OS. The Morgan fingerprint density at radius 2 is 1.93 bits per heavy atom. The third kappa shape index (κ3) is 6.69. The molecule has 1 aromatic heterocycles. The molecule has 0 saturated carbocycles. The lowest BCUT2D eigenvalue weighted by Gasteiger charge is -2.17. The lowest BCUT2D eigenvalue weighted by Crippen LogP contribution is -2.36. The van der Waals surface area contributed by atoms with E-state index in [2.05, 4.69) is 32.4 Å². The molecule has 1 aromatic carbocycles. The number of hydrogen-bond acceptors (Lipinski definition) is 3. The van der Waals surface area contributed by atoms with Crippen LogP contribution >= 0.6 is 35.3 Å². The number of likely N-dealkylation sites (tertiary alicyclic amines) is 1.